The third-order valence-electron chi connectivity index (χ3n) is 8.64. The molecule has 0 aromatic heterocycles. The van der Waals surface area contributed by atoms with Crippen LogP contribution in [0.15, 0.2) is 48.6 Å². The number of rotatable bonds is 2. The Morgan fingerprint density at radius 3 is 1.18 bits per heavy atom. The summed E-state index contributed by atoms with van der Waals surface area (Å²) < 4.78 is 0. The number of carbonyl (C=O) groups is 4. The Bertz CT molecular complexity index is 1200. The van der Waals surface area contributed by atoms with Crippen molar-refractivity contribution in [1.29, 1.82) is 0 Å². The van der Waals surface area contributed by atoms with Crippen LogP contribution in [0.1, 0.15) is 22.3 Å². The van der Waals surface area contributed by atoms with Gasteiger partial charge in [0.1, 0.15) is 0 Å². The van der Waals surface area contributed by atoms with Gasteiger partial charge in [0.15, 0.2) is 0 Å². The SMILES string of the molecule is Cc1cccc(N2C(=O)[C@@H]3C4C=CC([C@H]3C2=O)[C@@H]2C(=O)N(c3cccc(C)c3C)C(=O)[C@H]42)c1C. The molecule has 6 atom stereocenters. The minimum absolute atomic E-state index is 0.257. The number of nitrogens with zero attached hydrogens (tertiary/aromatic N) is 2. The van der Waals surface area contributed by atoms with Crippen molar-refractivity contribution < 1.29 is 19.2 Å². The first-order chi connectivity index (χ1) is 16.2. The van der Waals surface area contributed by atoms with Gasteiger partial charge in [0.05, 0.1) is 35.0 Å². The van der Waals surface area contributed by atoms with Crippen molar-refractivity contribution >= 4 is 35.0 Å². The molecule has 5 aliphatic rings. The zero-order chi connectivity index (χ0) is 24.0. The molecule has 0 radical (unpaired) electrons. The Hall–Kier alpha value is -3.54. The molecular weight excluding hydrogens is 428 g/mol. The van der Waals surface area contributed by atoms with Crippen molar-refractivity contribution in [3.05, 3.63) is 70.8 Å². The molecule has 2 aromatic rings. The van der Waals surface area contributed by atoms with E-state index in [1.54, 1.807) is 12.1 Å². The average Bonchev–Trinajstić information content (AvgIpc) is 3.25. The molecule has 0 spiro atoms. The first-order valence-electron chi connectivity index (χ1n) is 11.8. The van der Waals surface area contributed by atoms with Crippen molar-refractivity contribution in [3.63, 3.8) is 0 Å². The van der Waals surface area contributed by atoms with E-state index in [4.69, 9.17) is 0 Å². The fraction of sp³-hybridized carbons (Fsp3) is 0.357. The standard InChI is InChI=1S/C28H26N2O4/c1-13-7-5-9-19(15(13)3)29-25(31)21-17-11-12-18(22(21)26(29)32)24-23(17)27(33)30(28(24)34)20-10-6-8-14(2)16(20)4/h5-12,17-18,21-24H,1-4H3/t17?,18?,21-,22-,23-,24+/m1/s1. The number of carbonyl (C=O) groups excluding carboxylic acids is 4. The fourth-order valence-corrected chi connectivity index (χ4v) is 6.66. The van der Waals surface area contributed by atoms with Crippen molar-refractivity contribution in [2.24, 2.45) is 35.5 Å². The van der Waals surface area contributed by atoms with Gasteiger partial charge in [-0.05, 0) is 62.1 Å². The van der Waals surface area contributed by atoms with Gasteiger partial charge in [-0.2, -0.15) is 0 Å². The van der Waals surface area contributed by atoms with Crippen molar-refractivity contribution in [2.45, 2.75) is 27.7 Å². The maximum atomic E-state index is 13.7. The number of amides is 4. The number of imide groups is 2. The maximum Gasteiger partial charge on any atom is 0.238 e. The highest BCUT2D eigenvalue weighted by Gasteiger charge is 2.69. The van der Waals surface area contributed by atoms with Crippen LogP contribution < -0.4 is 9.80 Å². The van der Waals surface area contributed by atoms with Crippen LogP contribution in [0.2, 0.25) is 0 Å². The molecule has 4 amide bonds. The summed E-state index contributed by atoms with van der Waals surface area (Å²) in [4.78, 5) is 57.4. The molecule has 6 nitrogen and oxygen atoms in total. The van der Waals surface area contributed by atoms with Crippen LogP contribution in [0, 0.1) is 63.2 Å². The molecule has 2 aliphatic heterocycles. The van der Waals surface area contributed by atoms with Gasteiger partial charge >= 0.3 is 0 Å². The number of anilines is 2. The lowest BCUT2D eigenvalue weighted by atomic mass is 9.54. The molecular formula is C28H26N2O4. The lowest BCUT2D eigenvalue weighted by molar-refractivity contribution is -0.137. The first kappa shape index (κ1) is 21.0. The van der Waals surface area contributed by atoms with Gasteiger partial charge in [-0.25, -0.2) is 9.80 Å². The molecule has 2 bridgehead atoms. The molecule has 2 saturated heterocycles. The Kier molecular flexibility index (Phi) is 4.32. The van der Waals surface area contributed by atoms with E-state index in [0.717, 1.165) is 22.3 Å². The van der Waals surface area contributed by atoms with E-state index >= 15 is 0 Å². The van der Waals surface area contributed by atoms with E-state index in [2.05, 4.69) is 0 Å². The Morgan fingerprint density at radius 1 is 0.529 bits per heavy atom. The predicted octanol–water partition coefficient (Wildman–Crippen LogP) is 3.65. The molecule has 3 fully saturated rings. The van der Waals surface area contributed by atoms with Gasteiger partial charge in [-0.1, -0.05) is 36.4 Å². The van der Waals surface area contributed by atoms with Crippen LogP contribution in [0.5, 0.6) is 0 Å². The normalized spacial score (nSPS) is 31.5. The summed E-state index contributed by atoms with van der Waals surface area (Å²) in [6.45, 7) is 7.71. The second kappa shape index (κ2) is 6.98. The highest BCUT2D eigenvalue weighted by atomic mass is 16.2. The van der Waals surface area contributed by atoms with Gasteiger partial charge in [-0.3, -0.25) is 19.2 Å². The molecule has 34 heavy (non-hydrogen) atoms. The summed E-state index contributed by atoms with van der Waals surface area (Å²) in [6.07, 6.45) is 3.81. The number of benzene rings is 2. The smallest absolute Gasteiger partial charge is 0.238 e. The molecule has 7 rings (SSSR count). The largest absolute Gasteiger partial charge is 0.274 e. The lowest BCUT2D eigenvalue weighted by Crippen LogP contribution is -2.50. The van der Waals surface area contributed by atoms with E-state index in [0.29, 0.717) is 11.4 Å². The van der Waals surface area contributed by atoms with Gasteiger partial charge in [0.25, 0.3) is 0 Å². The van der Waals surface area contributed by atoms with E-state index in [1.807, 2.05) is 64.1 Å². The van der Waals surface area contributed by atoms with Gasteiger partial charge < -0.3 is 0 Å². The van der Waals surface area contributed by atoms with Gasteiger partial charge in [-0.15, -0.1) is 0 Å². The number of hydrogen-bond donors (Lipinski definition) is 0. The zero-order valence-corrected chi connectivity index (χ0v) is 19.6. The summed E-state index contributed by atoms with van der Waals surface area (Å²) >= 11 is 0. The summed E-state index contributed by atoms with van der Waals surface area (Å²) in [6, 6.07) is 11.2. The molecule has 2 aromatic carbocycles. The highest BCUT2D eigenvalue weighted by Crippen LogP contribution is 2.58. The van der Waals surface area contributed by atoms with Crippen molar-refractivity contribution in [1.82, 2.24) is 0 Å². The predicted molar refractivity (Wildman–Crippen MR) is 127 cm³/mol. The van der Waals surface area contributed by atoms with Crippen molar-refractivity contribution in [3.8, 4) is 0 Å². The first-order valence-corrected chi connectivity index (χ1v) is 11.8. The van der Waals surface area contributed by atoms with Crippen LogP contribution >= 0.6 is 0 Å². The number of aryl methyl sites for hydroxylation is 2. The van der Waals surface area contributed by atoms with E-state index in [-0.39, 0.29) is 23.6 Å². The van der Waals surface area contributed by atoms with E-state index in [1.165, 1.54) is 9.80 Å². The molecule has 2 unspecified atom stereocenters. The van der Waals surface area contributed by atoms with Crippen LogP contribution in [-0.4, -0.2) is 23.6 Å². The van der Waals surface area contributed by atoms with Gasteiger partial charge in [0, 0.05) is 11.8 Å². The molecule has 3 aliphatic carbocycles. The van der Waals surface area contributed by atoms with Crippen molar-refractivity contribution in [2.75, 3.05) is 9.80 Å². The Morgan fingerprint density at radius 2 is 0.853 bits per heavy atom. The molecule has 2 heterocycles. The summed E-state index contributed by atoms with van der Waals surface area (Å²) in [5.41, 5.74) is 4.97. The molecule has 6 heteroatoms. The number of allylic oxidation sites excluding steroid dienone is 2. The second-order valence-electron chi connectivity index (χ2n) is 10.1. The fourth-order valence-electron chi connectivity index (χ4n) is 6.66. The summed E-state index contributed by atoms with van der Waals surface area (Å²) in [7, 11) is 0. The third kappa shape index (κ3) is 2.46. The number of hydrogen-bond acceptors (Lipinski definition) is 4. The molecule has 1 saturated carbocycles. The van der Waals surface area contributed by atoms with Crippen LogP contribution in [-0.2, 0) is 19.2 Å². The minimum atomic E-state index is -0.612. The monoisotopic (exact) mass is 454 g/mol. The van der Waals surface area contributed by atoms with Crippen LogP contribution in [0.4, 0.5) is 11.4 Å². The van der Waals surface area contributed by atoms with E-state index < -0.39 is 35.5 Å². The Labute approximate surface area is 198 Å². The minimum Gasteiger partial charge on any atom is -0.274 e. The quantitative estimate of drug-likeness (QED) is 0.513. The summed E-state index contributed by atoms with van der Waals surface area (Å²) in [5, 5.41) is 0. The van der Waals surface area contributed by atoms with Gasteiger partial charge in [0.2, 0.25) is 23.6 Å². The third-order valence-corrected chi connectivity index (χ3v) is 8.64. The topological polar surface area (TPSA) is 74.8 Å². The van der Waals surface area contributed by atoms with Crippen LogP contribution in [0.25, 0.3) is 0 Å². The maximum absolute atomic E-state index is 13.7. The summed E-state index contributed by atoms with van der Waals surface area (Å²) in [5.74, 6) is -4.40. The van der Waals surface area contributed by atoms with E-state index in [9.17, 15) is 19.2 Å². The average molecular weight is 455 g/mol. The second-order valence-corrected chi connectivity index (χ2v) is 10.1. The molecule has 0 N–H and O–H groups in total. The Balaban J connectivity index is 1.42. The van der Waals surface area contributed by atoms with Crippen LogP contribution in [0.3, 0.4) is 0 Å². The lowest BCUT2D eigenvalue weighted by Gasteiger charge is -2.44. The molecule has 172 valence electrons. The zero-order valence-electron chi connectivity index (χ0n) is 19.6. The highest BCUT2D eigenvalue weighted by molar-refractivity contribution is 6.26.